The van der Waals surface area contributed by atoms with Crippen LogP contribution in [0.25, 0.3) is 0 Å². The monoisotopic (exact) mass is 298 g/mol. The second-order valence-electron chi connectivity index (χ2n) is 5.61. The summed E-state index contributed by atoms with van der Waals surface area (Å²) in [5.41, 5.74) is 8.10. The van der Waals surface area contributed by atoms with Crippen molar-refractivity contribution in [1.29, 1.82) is 0 Å². The molecule has 1 amide bonds. The minimum Gasteiger partial charge on any atom is -0.332 e. The largest absolute Gasteiger partial charge is 0.332 e. The number of carbonyl (C=O) groups excluding carboxylic acids is 1. The third kappa shape index (κ3) is 2.88. The zero-order valence-corrected chi connectivity index (χ0v) is 12.3. The molecule has 0 bridgehead atoms. The minimum atomic E-state index is -0.260. The number of benzene rings is 2. The van der Waals surface area contributed by atoms with Crippen LogP contribution >= 0.6 is 0 Å². The first-order chi connectivity index (χ1) is 10.7. The summed E-state index contributed by atoms with van der Waals surface area (Å²) >= 11 is 0. The number of likely N-dealkylation sites (tertiary alicyclic amines) is 1. The molecule has 0 radical (unpaired) electrons. The Morgan fingerprint density at radius 2 is 2.00 bits per heavy atom. The quantitative estimate of drug-likeness (QED) is 0.945. The highest BCUT2D eigenvalue weighted by Crippen LogP contribution is 2.33. The van der Waals surface area contributed by atoms with Crippen LogP contribution in [0.2, 0.25) is 0 Å². The third-order valence-corrected chi connectivity index (χ3v) is 4.18. The summed E-state index contributed by atoms with van der Waals surface area (Å²) in [6.07, 6.45) is 1.81. The molecule has 0 aromatic heterocycles. The molecule has 3 rings (SSSR count). The van der Waals surface area contributed by atoms with E-state index >= 15 is 0 Å². The average molecular weight is 298 g/mol. The molecule has 1 unspecified atom stereocenters. The van der Waals surface area contributed by atoms with Crippen LogP contribution < -0.4 is 5.73 Å². The molecule has 1 saturated heterocycles. The van der Waals surface area contributed by atoms with Gasteiger partial charge in [-0.25, -0.2) is 4.39 Å². The lowest BCUT2D eigenvalue weighted by molar-refractivity contribution is 0.0735. The van der Waals surface area contributed by atoms with E-state index in [-0.39, 0.29) is 17.8 Å². The first-order valence-corrected chi connectivity index (χ1v) is 7.54. The van der Waals surface area contributed by atoms with Gasteiger partial charge in [-0.1, -0.05) is 24.3 Å². The normalized spacial score (nSPS) is 17.7. The van der Waals surface area contributed by atoms with Crippen LogP contribution in [0.4, 0.5) is 4.39 Å². The number of carbonyl (C=O) groups is 1. The smallest absolute Gasteiger partial charge is 0.254 e. The molecular formula is C18H19FN2O. The van der Waals surface area contributed by atoms with Crippen molar-refractivity contribution < 1.29 is 9.18 Å². The molecule has 2 N–H and O–H groups in total. The van der Waals surface area contributed by atoms with Crippen LogP contribution in [0, 0.1) is 5.82 Å². The van der Waals surface area contributed by atoms with Gasteiger partial charge < -0.3 is 10.6 Å². The van der Waals surface area contributed by atoms with Crippen LogP contribution in [0.1, 0.15) is 40.4 Å². The standard InChI is InChI=1S/C18H19FN2O/c19-16-4-1-3-15(11-16)17-5-2-10-21(17)18(22)14-8-6-13(12-20)7-9-14/h1,3-4,6-9,11,17H,2,5,10,12,20H2. The molecule has 1 fully saturated rings. The van der Waals surface area contributed by atoms with E-state index in [0.717, 1.165) is 24.0 Å². The summed E-state index contributed by atoms with van der Waals surface area (Å²) in [4.78, 5) is 14.6. The average Bonchev–Trinajstić information content (AvgIpc) is 3.04. The second kappa shape index (κ2) is 6.28. The Morgan fingerprint density at radius 1 is 1.23 bits per heavy atom. The van der Waals surface area contributed by atoms with Gasteiger partial charge in [0.2, 0.25) is 0 Å². The highest BCUT2D eigenvalue weighted by molar-refractivity contribution is 5.94. The van der Waals surface area contributed by atoms with Crippen molar-refractivity contribution in [2.45, 2.75) is 25.4 Å². The number of nitrogens with two attached hydrogens (primary N) is 1. The number of halogens is 1. The molecule has 114 valence electrons. The van der Waals surface area contributed by atoms with E-state index in [0.29, 0.717) is 18.7 Å². The zero-order valence-electron chi connectivity index (χ0n) is 12.3. The molecule has 0 aliphatic carbocycles. The molecule has 2 aromatic rings. The summed E-state index contributed by atoms with van der Waals surface area (Å²) in [7, 11) is 0. The van der Waals surface area contributed by atoms with Crippen molar-refractivity contribution >= 4 is 5.91 Å². The second-order valence-corrected chi connectivity index (χ2v) is 5.61. The highest BCUT2D eigenvalue weighted by Gasteiger charge is 2.30. The van der Waals surface area contributed by atoms with Gasteiger partial charge in [-0.3, -0.25) is 4.79 Å². The molecule has 4 heteroatoms. The summed E-state index contributed by atoms with van der Waals surface area (Å²) in [5, 5.41) is 0. The van der Waals surface area contributed by atoms with Crippen LogP contribution in [-0.4, -0.2) is 17.4 Å². The Balaban J connectivity index is 1.84. The molecule has 3 nitrogen and oxygen atoms in total. The lowest BCUT2D eigenvalue weighted by Gasteiger charge is -2.25. The lowest BCUT2D eigenvalue weighted by atomic mass is 10.0. The highest BCUT2D eigenvalue weighted by atomic mass is 19.1. The van der Waals surface area contributed by atoms with Crippen molar-refractivity contribution in [3.63, 3.8) is 0 Å². The fraction of sp³-hybridized carbons (Fsp3) is 0.278. The zero-order chi connectivity index (χ0) is 15.5. The van der Waals surface area contributed by atoms with Gasteiger partial charge in [0.25, 0.3) is 5.91 Å². The maximum atomic E-state index is 13.4. The Bertz CT molecular complexity index is 669. The molecule has 0 saturated carbocycles. The number of amides is 1. The predicted octanol–water partition coefficient (Wildman–Crippen LogP) is 3.26. The molecule has 0 spiro atoms. The van der Waals surface area contributed by atoms with E-state index in [9.17, 15) is 9.18 Å². The van der Waals surface area contributed by atoms with Crippen LogP contribution in [-0.2, 0) is 6.54 Å². The van der Waals surface area contributed by atoms with Crippen molar-refractivity contribution in [2.24, 2.45) is 5.73 Å². The van der Waals surface area contributed by atoms with Crippen molar-refractivity contribution in [2.75, 3.05) is 6.54 Å². The SMILES string of the molecule is NCc1ccc(C(=O)N2CCCC2c2cccc(F)c2)cc1. The maximum absolute atomic E-state index is 13.4. The molecule has 1 aliphatic heterocycles. The molecular weight excluding hydrogens is 279 g/mol. The Kier molecular flexibility index (Phi) is 4.20. The van der Waals surface area contributed by atoms with Crippen LogP contribution in [0.15, 0.2) is 48.5 Å². The third-order valence-electron chi connectivity index (χ3n) is 4.18. The Hall–Kier alpha value is -2.20. The predicted molar refractivity (Wildman–Crippen MR) is 83.7 cm³/mol. The molecule has 1 atom stereocenters. The van der Waals surface area contributed by atoms with E-state index in [1.54, 1.807) is 6.07 Å². The maximum Gasteiger partial charge on any atom is 0.254 e. The first kappa shape index (κ1) is 14.7. The van der Waals surface area contributed by atoms with E-state index < -0.39 is 0 Å². The molecule has 1 heterocycles. The van der Waals surface area contributed by atoms with Gasteiger partial charge >= 0.3 is 0 Å². The van der Waals surface area contributed by atoms with Gasteiger partial charge in [-0.15, -0.1) is 0 Å². The van der Waals surface area contributed by atoms with Gasteiger partial charge in [0.15, 0.2) is 0 Å². The fourth-order valence-corrected chi connectivity index (χ4v) is 3.02. The van der Waals surface area contributed by atoms with Gasteiger partial charge in [0, 0.05) is 18.7 Å². The fourth-order valence-electron chi connectivity index (χ4n) is 3.02. The Morgan fingerprint density at radius 3 is 2.68 bits per heavy atom. The lowest BCUT2D eigenvalue weighted by Crippen LogP contribution is -2.30. The van der Waals surface area contributed by atoms with Gasteiger partial charge in [0.1, 0.15) is 5.82 Å². The summed E-state index contributed by atoms with van der Waals surface area (Å²) in [6.45, 7) is 1.17. The van der Waals surface area contributed by atoms with E-state index in [2.05, 4.69) is 0 Å². The van der Waals surface area contributed by atoms with Crippen molar-refractivity contribution in [3.05, 3.63) is 71.0 Å². The van der Waals surface area contributed by atoms with Crippen LogP contribution in [0.5, 0.6) is 0 Å². The van der Waals surface area contributed by atoms with Crippen molar-refractivity contribution in [1.82, 2.24) is 4.90 Å². The van der Waals surface area contributed by atoms with E-state index in [4.69, 9.17) is 5.73 Å². The Labute approximate surface area is 129 Å². The first-order valence-electron chi connectivity index (χ1n) is 7.54. The molecule has 22 heavy (non-hydrogen) atoms. The van der Waals surface area contributed by atoms with Gasteiger partial charge in [-0.2, -0.15) is 0 Å². The summed E-state index contributed by atoms with van der Waals surface area (Å²) in [6, 6.07) is 13.9. The van der Waals surface area contributed by atoms with Gasteiger partial charge in [-0.05, 0) is 48.2 Å². The van der Waals surface area contributed by atoms with Crippen molar-refractivity contribution in [3.8, 4) is 0 Å². The van der Waals surface area contributed by atoms with Crippen LogP contribution in [0.3, 0.4) is 0 Å². The number of nitrogens with zero attached hydrogens (tertiary/aromatic N) is 1. The van der Waals surface area contributed by atoms with Gasteiger partial charge in [0.05, 0.1) is 6.04 Å². The number of hydrogen-bond acceptors (Lipinski definition) is 2. The summed E-state index contributed by atoms with van der Waals surface area (Å²) < 4.78 is 13.4. The molecule has 1 aliphatic rings. The van der Waals surface area contributed by atoms with E-state index in [1.807, 2.05) is 35.2 Å². The topological polar surface area (TPSA) is 46.3 Å². The molecule has 2 aromatic carbocycles. The number of rotatable bonds is 3. The minimum absolute atomic E-state index is 0.00432. The number of hydrogen-bond donors (Lipinski definition) is 1. The van der Waals surface area contributed by atoms with E-state index in [1.165, 1.54) is 12.1 Å². The summed E-state index contributed by atoms with van der Waals surface area (Å²) in [5.74, 6) is -0.264.